The van der Waals surface area contributed by atoms with E-state index in [4.69, 9.17) is 21.1 Å². The largest absolute Gasteiger partial charge is 0.490 e. The Hall–Kier alpha value is -0.930. The highest BCUT2D eigenvalue weighted by atomic mass is 35.5. The van der Waals surface area contributed by atoms with Crippen LogP contribution in [0.15, 0.2) is 12.1 Å². The number of halogens is 1. The van der Waals surface area contributed by atoms with E-state index in [1.54, 1.807) is 0 Å². The fourth-order valence-electron chi connectivity index (χ4n) is 7.25. The Labute approximate surface area is 175 Å². The number of benzene rings is 1. The molecule has 0 spiro atoms. The molecule has 4 heteroatoms. The summed E-state index contributed by atoms with van der Waals surface area (Å²) in [6.45, 7) is 12.5. The van der Waals surface area contributed by atoms with Crippen molar-refractivity contribution in [2.75, 3.05) is 6.61 Å². The molecule has 2 atom stereocenters. The minimum Gasteiger partial charge on any atom is -0.490 e. The van der Waals surface area contributed by atoms with Gasteiger partial charge in [0.25, 0.3) is 0 Å². The lowest BCUT2D eigenvalue weighted by Crippen LogP contribution is -2.63. The summed E-state index contributed by atoms with van der Waals surface area (Å²) >= 11 is 6.65. The highest BCUT2D eigenvalue weighted by Crippen LogP contribution is 2.66. The fraction of sp³-hybridized carbons (Fsp3) is 0.750. The van der Waals surface area contributed by atoms with Crippen LogP contribution in [0, 0.1) is 16.7 Å². The second-order valence-corrected chi connectivity index (χ2v) is 11.2. The van der Waals surface area contributed by atoms with Gasteiger partial charge in [0.05, 0.1) is 12.7 Å². The summed E-state index contributed by atoms with van der Waals surface area (Å²) in [5.41, 5.74) is 2.39. The summed E-state index contributed by atoms with van der Waals surface area (Å²) in [5.74, 6) is 2.41. The molecule has 156 valence electrons. The summed E-state index contributed by atoms with van der Waals surface area (Å²) in [5, 5.41) is 4.74. The predicted octanol–water partition coefficient (Wildman–Crippen LogP) is 6.36. The third kappa shape index (κ3) is 3.89. The number of nitrogens with one attached hydrogen (secondary N) is 1. The lowest BCUT2D eigenvalue weighted by atomic mass is 9.43. The molecule has 5 rings (SSSR count). The van der Waals surface area contributed by atoms with E-state index >= 15 is 0 Å². The van der Waals surface area contributed by atoms with Crippen LogP contribution in [0.5, 0.6) is 11.5 Å². The van der Waals surface area contributed by atoms with E-state index in [0.29, 0.717) is 17.4 Å². The molecule has 0 radical (unpaired) electrons. The Balaban J connectivity index is 1.54. The van der Waals surface area contributed by atoms with Crippen LogP contribution in [0.2, 0.25) is 5.02 Å². The lowest BCUT2D eigenvalue weighted by Gasteiger charge is -2.65. The van der Waals surface area contributed by atoms with Crippen molar-refractivity contribution in [2.45, 2.75) is 91.3 Å². The average Bonchev–Trinajstić information content (AvgIpc) is 2.52. The second-order valence-electron chi connectivity index (χ2n) is 10.8. The fourth-order valence-corrected chi connectivity index (χ4v) is 7.48. The highest BCUT2D eigenvalue weighted by Gasteiger charge is 2.59. The van der Waals surface area contributed by atoms with Crippen molar-refractivity contribution in [3.8, 4) is 11.5 Å². The molecule has 4 aliphatic rings. The standard InChI is InChI=1S/C24H36ClNO2/c1-6-27-20-7-18(19(25)8-21(20)28-16(2)3)12-26-24-11-17-9-22(4,14-24)13-23(5,10-17)15-24/h7-8,16-17,26H,6,9-15H2,1-5H3. The van der Waals surface area contributed by atoms with Gasteiger partial charge in [-0.25, -0.2) is 0 Å². The van der Waals surface area contributed by atoms with Gasteiger partial charge in [-0.15, -0.1) is 0 Å². The van der Waals surface area contributed by atoms with E-state index < -0.39 is 0 Å². The van der Waals surface area contributed by atoms with Crippen LogP contribution in [0.3, 0.4) is 0 Å². The first kappa shape index (κ1) is 20.3. The maximum atomic E-state index is 6.65. The quantitative estimate of drug-likeness (QED) is 0.572. The molecule has 1 N–H and O–H groups in total. The normalized spacial score (nSPS) is 36.2. The molecule has 28 heavy (non-hydrogen) atoms. The number of ether oxygens (including phenoxy) is 2. The van der Waals surface area contributed by atoms with Crippen LogP contribution in [-0.4, -0.2) is 18.2 Å². The molecule has 4 saturated carbocycles. The van der Waals surface area contributed by atoms with Crippen LogP contribution in [0.25, 0.3) is 0 Å². The van der Waals surface area contributed by atoms with Gasteiger partial charge in [0, 0.05) is 23.2 Å². The molecular formula is C24H36ClNO2. The Morgan fingerprint density at radius 3 is 2.32 bits per heavy atom. The van der Waals surface area contributed by atoms with Crippen LogP contribution in [0.4, 0.5) is 0 Å². The van der Waals surface area contributed by atoms with Gasteiger partial charge in [-0.05, 0) is 87.7 Å². The molecule has 4 aliphatic carbocycles. The van der Waals surface area contributed by atoms with Crippen LogP contribution < -0.4 is 14.8 Å². The molecule has 3 nitrogen and oxygen atoms in total. The first-order valence-electron chi connectivity index (χ1n) is 11.0. The zero-order chi connectivity index (χ0) is 20.2. The predicted molar refractivity (Wildman–Crippen MR) is 115 cm³/mol. The number of rotatable bonds is 7. The first-order valence-corrected chi connectivity index (χ1v) is 11.4. The van der Waals surface area contributed by atoms with Crippen molar-refractivity contribution in [2.24, 2.45) is 16.7 Å². The smallest absolute Gasteiger partial charge is 0.163 e. The van der Waals surface area contributed by atoms with E-state index in [2.05, 4.69) is 25.2 Å². The Bertz CT molecular complexity index is 728. The molecule has 0 saturated heterocycles. The molecule has 2 unspecified atom stereocenters. The van der Waals surface area contributed by atoms with E-state index in [1.807, 2.05) is 26.8 Å². The number of hydrogen-bond acceptors (Lipinski definition) is 3. The highest BCUT2D eigenvalue weighted by molar-refractivity contribution is 6.31. The maximum absolute atomic E-state index is 6.65. The van der Waals surface area contributed by atoms with Gasteiger partial charge < -0.3 is 14.8 Å². The molecule has 0 aliphatic heterocycles. The third-order valence-corrected chi connectivity index (χ3v) is 7.41. The van der Waals surface area contributed by atoms with E-state index in [1.165, 1.54) is 38.5 Å². The monoisotopic (exact) mass is 405 g/mol. The third-order valence-electron chi connectivity index (χ3n) is 7.06. The van der Waals surface area contributed by atoms with Gasteiger partial charge in [-0.2, -0.15) is 0 Å². The summed E-state index contributed by atoms with van der Waals surface area (Å²) in [6, 6.07) is 3.99. The van der Waals surface area contributed by atoms with Crippen molar-refractivity contribution < 1.29 is 9.47 Å². The van der Waals surface area contributed by atoms with Gasteiger partial charge in [0.1, 0.15) is 0 Å². The molecule has 0 aromatic heterocycles. The Kier molecular flexibility index (Phi) is 5.15. The Morgan fingerprint density at radius 2 is 1.75 bits per heavy atom. The summed E-state index contributed by atoms with van der Waals surface area (Å²) in [4.78, 5) is 0. The molecule has 0 amide bonds. The minimum atomic E-state index is 0.0905. The molecule has 1 aromatic rings. The summed E-state index contributed by atoms with van der Waals surface area (Å²) in [7, 11) is 0. The van der Waals surface area contributed by atoms with Gasteiger partial charge in [0.15, 0.2) is 11.5 Å². The molecular weight excluding hydrogens is 370 g/mol. The van der Waals surface area contributed by atoms with Crippen LogP contribution in [-0.2, 0) is 6.54 Å². The van der Waals surface area contributed by atoms with Gasteiger partial charge in [-0.3, -0.25) is 0 Å². The van der Waals surface area contributed by atoms with E-state index in [9.17, 15) is 0 Å². The van der Waals surface area contributed by atoms with Crippen molar-refractivity contribution in [1.82, 2.24) is 5.32 Å². The SMILES string of the molecule is CCOc1cc(CNC23CC4CC(C)(CC(C)(C4)C2)C3)c(Cl)cc1OC(C)C. The van der Waals surface area contributed by atoms with Crippen molar-refractivity contribution in [3.05, 3.63) is 22.7 Å². The second kappa shape index (κ2) is 7.09. The minimum absolute atomic E-state index is 0.0905. The zero-order valence-electron chi connectivity index (χ0n) is 18.2. The average molecular weight is 406 g/mol. The first-order chi connectivity index (χ1) is 13.1. The summed E-state index contributed by atoms with van der Waals surface area (Å²) < 4.78 is 11.8. The van der Waals surface area contributed by atoms with Gasteiger partial charge >= 0.3 is 0 Å². The lowest BCUT2D eigenvalue weighted by molar-refractivity contribution is -0.118. The maximum Gasteiger partial charge on any atom is 0.163 e. The van der Waals surface area contributed by atoms with Crippen LogP contribution in [0.1, 0.15) is 78.7 Å². The van der Waals surface area contributed by atoms with Crippen molar-refractivity contribution >= 4 is 11.6 Å². The topological polar surface area (TPSA) is 30.5 Å². The summed E-state index contributed by atoms with van der Waals surface area (Å²) in [6.07, 6.45) is 8.25. The zero-order valence-corrected chi connectivity index (χ0v) is 18.9. The van der Waals surface area contributed by atoms with E-state index in [-0.39, 0.29) is 11.6 Å². The van der Waals surface area contributed by atoms with E-state index in [0.717, 1.165) is 34.5 Å². The molecule has 1 aromatic carbocycles. The van der Waals surface area contributed by atoms with Crippen molar-refractivity contribution in [3.63, 3.8) is 0 Å². The van der Waals surface area contributed by atoms with Crippen LogP contribution >= 0.6 is 11.6 Å². The molecule has 4 bridgehead atoms. The van der Waals surface area contributed by atoms with Crippen molar-refractivity contribution in [1.29, 1.82) is 0 Å². The molecule has 4 fully saturated rings. The molecule has 0 heterocycles. The van der Waals surface area contributed by atoms with Gasteiger partial charge in [0.2, 0.25) is 0 Å². The Morgan fingerprint density at radius 1 is 1.07 bits per heavy atom. The van der Waals surface area contributed by atoms with Gasteiger partial charge in [-0.1, -0.05) is 25.4 Å². The number of hydrogen-bond donors (Lipinski definition) is 1.